The summed E-state index contributed by atoms with van der Waals surface area (Å²) >= 11 is 3.08. The lowest BCUT2D eigenvalue weighted by molar-refractivity contribution is 0.329. The van der Waals surface area contributed by atoms with E-state index in [1.807, 2.05) is 0 Å². The van der Waals surface area contributed by atoms with E-state index in [1.165, 1.54) is 12.3 Å². The maximum absolute atomic E-state index is 13.4. The van der Waals surface area contributed by atoms with Crippen molar-refractivity contribution >= 4 is 15.9 Å². The number of ether oxygens (including phenoxy) is 1. The molecule has 0 saturated carbocycles. The lowest BCUT2D eigenvalue weighted by Crippen LogP contribution is -2.35. The third-order valence-corrected chi connectivity index (χ3v) is 3.07. The molecule has 2 aromatic rings. The van der Waals surface area contributed by atoms with Crippen molar-refractivity contribution in [1.82, 2.24) is 10.3 Å². The topological polar surface area (TPSA) is 47.3 Å². The third-order valence-electron chi connectivity index (χ3n) is 2.43. The van der Waals surface area contributed by atoms with Gasteiger partial charge in [0.05, 0.1) is 10.2 Å². The zero-order valence-electron chi connectivity index (χ0n) is 11.5. The average molecular weight is 343 g/mol. The Morgan fingerprint density at radius 1 is 1.40 bits per heavy atom. The number of halogens is 2. The first-order chi connectivity index (χ1) is 9.33. The summed E-state index contributed by atoms with van der Waals surface area (Å²) in [4.78, 5) is 4.18. The second kappa shape index (κ2) is 5.93. The Morgan fingerprint density at radius 2 is 2.15 bits per heavy atom. The van der Waals surface area contributed by atoms with Crippen molar-refractivity contribution in [1.29, 1.82) is 0 Å². The summed E-state index contributed by atoms with van der Waals surface area (Å²) in [5.41, 5.74) is 0.724. The van der Waals surface area contributed by atoms with E-state index in [-0.39, 0.29) is 11.6 Å². The monoisotopic (exact) mass is 342 g/mol. The lowest BCUT2D eigenvalue weighted by atomic mass is 10.1. The first-order valence-electron chi connectivity index (χ1n) is 6.16. The molecule has 0 aliphatic carbocycles. The number of benzene rings is 1. The fourth-order valence-electron chi connectivity index (χ4n) is 1.41. The Hall–Kier alpha value is -1.40. The van der Waals surface area contributed by atoms with Gasteiger partial charge < -0.3 is 14.5 Å². The molecule has 108 valence electrons. The molecule has 0 aliphatic heterocycles. The minimum atomic E-state index is -0.399. The Balaban J connectivity index is 2.00. The van der Waals surface area contributed by atoms with Gasteiger partial charge in [0.1, 0.15) is 17.8 Å². The fourth-order valence-corrected chi connectivity index (χ4v) is 1.66. The van der Waals surface area contributed by atoms with Gasteiger partial charge in [0.25, 0.3) is 0 Å². The quantitative estimate of drug-likeness (QED) is 0.901. The van der Waals surface area contributed by atoms with Gasteiger partial charge in [-0.05, 0) is 48.8 Å². The molecule has 0 radical (unpaired) electrons. The van der Waals surface area contributed by atoms with Crippen LogP contribution in [0.3, 0.4) is 0 Å². The van der Waals surface area contributed by atoms with Crippen molar-refractivity contribution in [3.63, 3.8) is 0 Å². The summed E-state index contributed by atoms with van der Waals surface area (Å²) in [7, 11) is 0. The number of hydrogen-bond acceptors (Lipinski definition) is 4. The van der Waals surface area contributed by atoms with Crippen molar-refractivity contribution in [2.45, 2.75) is 32.9 Å². The molecule has 2 rings (SSSR count). The van der Waals surface area contributed by atoms with E-state index >= 15 is 0 Å². The van der Waals surface area contributed by atoms with Gasteiger partial charge in [-0.25, -0.2) is 4.39 Å². The maximum atomic E-state index is 13.4. The van der Waals surface area contributed by atoms with Crippen molar-refractivity contribution in [3.8, 4) is 11.8 Å². The highest BCUT2D eigenvalue weighted by atomic mass is 79.9. The summed E-state index contributed by atoms with van der Waals surface area (Å²) in [5, 5.41) is 3.29. The smallest absolute Gasteiger partial charge is 0.399 e. The van der Waals surface area contributed by atoms with Crippen LogP contribution in [0, 0.1) is 5.82 Å². The van der Waals surface area contributed by atoms with Crippen LogP contribution in [0.5, 0.6) is 11.8 Å². The lowest BCUT2D eigenvalue weighted by Gasteiger charge is -2.19. The van der Waals surface area contributed by atoms with E-state index in [9.17, 15) is 4.39 Å². The first-order valence-corrected chi connectivity index (χ1v) is 6.95. The van der Waals surface area contributed by atoms with Gasteiger partial charge in [0, 0.05) is 18.2 Å². The molecule has 1 N–H and O–H groups in total. The normalized spacial score (nSPS) is 11.7. The minimum absolute atomic E-state index is 0.00515. The molecule has 1 aromatic heterocycles. The van der Waals surface area contributed by atoms with E-state index in [0.717, 1.165) is 5.69 Å². The summed E-state index contributed by atoms with van der Waals surface area (Å²) in [5.74, 6) is -0.0634. The Labute approximate surface area is 125 Å². The number of oxazole rings is 1. The number of hydrogen-bond donors (Lipinski definition) is 1. The van der Waals surface area contributed by atoms with E-state index < -0.39 is 5.82 Å². The van der Waals surface area contributed by atoms with Crippen LogP contribution in [0.4, 0.5) is 4.39 Å². The Bertz CT molecular complexity index is 593. The molecule has 0 bridgehead atoms. The van der Waals surface area contributed by atoms with Gasteiger partial charge in [-0.2, -0.15) is 4.98 Å². The van der Waals surface area contributed by atoms with Gasteiger partial charge in [0.2, 0.25) is 0 Å². The first kappa shape index (κ1) is 15.0. The van der Waals surface area contributed by atoms with Crippen LogP contribution in [-0.2, 0) is 6.54 Å². The second-order valence-corrected chi connectivity index (χ2v) is 6.24. The Morgan fingerprint density at radius 3 is 2.80 bits per heavy atom. The molecule has 0 unspecified atom stereocenters. The SMILES string of the molecule is CC(C)(C)NCc1coc(Oc2ccc(Br)c(F)c2)n1. The predicted octanol–water partition coefficient (Wildman–Crippen LogP) is 4.26. The summed E-state index contributed by atoms with van der Waals surface area (Å²) in [6, 6.07) is 4.46. The minimum Gasteiger partial charge on any atom is -0.417 e. The second-order valence-electron chi connectivity index (χ2n) is 5.39. The molecule has 1 aromatic carbocycles. The highest BCUT2D eigenvalue weighted by molar-refractivity contribution is 9.10. The number of rotatable bonds is 4. The van der Waals surface area contributed by atoms with Gasteiger partial charge in [0.15, 0.2) is 0 Å². The molecule has 0 aliphatic rings. The molecule has 0 saturated heterocycles. The summed E-state index contributed by atoms with van der Waals surface area (Å²) in [6.45, 7) is 6.77. The van der Waals surface area contributed by atoms with Crippen LogP contribution in [-0.4, -0.2) is 10.5 Å². The molecule has 4 nitrogen and oxygen atoms in total. The van der Waals surface area contributed by atoms with Crippen LogP contribution < -0.4 is 10.1 Å². The predicted molar refractivity (Wildman–Crippen MR) is 77.3 cm³/mol. The van der Waals surface area contributed by atoms with Crippen molar-refractivity contribution < 1.29 is 13.5 Å². The van der Waals surface area contributed by atoms with Crippen molar-refractivity contribution in [2.24, 2.45) is 0 Å². The highest BCUT2D eigenvalue weighted by Gasteiger charge is 2.12. The van der Waals surface area contributed by atoms with Gasteiger partial charge >= 0.3 is 6.08 Å². The zero-order valence-corrected chi connectivity index (χ0v) is 13.1. The van der Waals surface area contributed by atoms with E-state index in [2.05, 4.69) is 47.0 Å². The zero-order chi connectivity index (χ0) is 14.8. The molecule has 6 heteroatoms. The van der Waals surface area contributed by atoms with Crippen molar-refractivity contribution in [2.75, 3.05) is 0 Å². The maximum Gasteiger partial charge on any atom is 0.399 e. The highest BCUT2D eigenvalue weighted by Crippen LogP contribution is 2.25. The Kier molecular flexibility index (Phi) is 4.45. The molecule has 0 spiro atoms. The van der Waals surface area contributed by atoms with E-state index in [1.54, 1.807) is 12.1 Å². The largest absolute Gasteiger partial charge is 0.417 e. The van der Waals surface area contributed by atoms with Gasteiger partial charge in [-0.3, -0.25) is 0 Å². The molecule has 0 atom stereocenters. The van der Waals surface area contributed by atoms with E-state index in [0.29, 0.717) is 16.8 Å². The van der Waals surface area contributed by atoms with Crippen LogP contribution in [0.15, 0.2) is 33.4 Å². The average Bonchev–Trinajstić information content (AvgIpc) is 2.78. The fraction of sp³-hybridized carbons (Fsp3) is 0.357. The van der Waals surface area contributed by atoms with E-state index in [4.69, 9.17) is 9.15 Å². The van der Waals surface area contributed by atoms with Crippen molar-refractivity contribution in [3.05, 3.63) is 40.4 Å². The standard InChI is InChI=1S/C14H16BrFN2O2/c1-14(2,3)17-7-9-8-19-13(18-9)20-10-4-5-11(15)12(16)6-10/h4-6,8,17H,7H2,1-3H3. The number of aromatic nitrogens is 1. The third kappa shape index (κ3) is 4.31. The molecule has 20 heavy (non-hydrogen) atoms. The summed E-state index contributed by atoms with van der Waals surface area (Å²) in [6.07, 6.45) is 1.61. The van der Waals surface area contributed by atoms with Gasteiger partial charge in [-0.1, -0.05) is 0 Å². The van der Waals surface area contributed by atoms with Crippen LogP contribution in [0.1, 0.15) is 26.5 Å². The molecule has 1 heterocycles. The van der Waals surface area contributed by atoms with Crippen LogP contribution >= 0.6 is 15.9 Å². The number of nitrogens with one attached hydrogen (secondary N) is 1. The van der Waals surface area contributed by atoms with Gasteiger partial charge in [-0.15, -0.1) is 0 Å². The van der Waals surface area contributed by atoms with Crippen LogP contribution in [0.25, 0.3) is 0 Å². The molecular formula is C14H16BrFN2O2. The molecule has 0 fully saturated rings. The van der Waals surface area contributed by atoms with Crippen LogP contribution in [0.2, 0.25) is 0 Å². The molecule has 0 amide bonds. The summed E-state index contributed by atoms with van der Waals surface area (Å²) < 4.78 is 24.3. The molecular weight excluding hydrogens is 327 g/mol. The number of nitrogens with zero attached hydrogens (tertiary/aromatic N) is 1.